The van der Waals surface area contributed by atoms with E-state index in [2.05, 4.69) is 21.0 Å². The molecule has 164 valence electrons. The van der Waals surface area contributed by atoms with Gasteiger partial charge in [-0.2, -0.15) is 10.4 Å². The molecule has 1 heterocycles. The SMILES string of the molecule is COc1cc(/C=C(\C#N)C(=O)n2nc(C)cc2C)cc(Br)c1OCc1ccc(Cl)cc1Cl. The van der Waals surface area contributed by atoms with E-state index >= 15 is 0 Å². The molecule has 0 amide bonds. The van der Waals surface area contributed by atoms with Crippen LogP contribution in [-0.2, 0) is 6.61 Å². The Labute approximate surface area is 204 Å². The first-order valence-corrected chi connectivity index (χ1v) is 10.9. The van der Waals surface area contributed by atoms with Gasteiger partial charge in [0, 0.05) is 21.3 Å². The maximum absolute atomic E-state index is 12.8. The fourth-order valence-electron chi connectivity index (χ4n) is 3.01. The molecule has 0 aliphatic heterocycles. The van der Waals surface area contributed by atoms with E-state index in [0.717, 1.165) is 5.56 Å². The van der Waals surface area contributed by atoms with Crippen LogP contribution >= 0.6 is 39.1 Å². The van der Waals surface area contributed by atoms with Crippen molar-refractivity contribution in [2.24, 2.45) is 0 Å². The number of allylic oxidation sites excluding steroid dienone is 1. The van der Waals surface area contributed by atoms with Crippen LogP contribution in [0.3, 0.4) is 0 Å². The van der Waals surface area contributed by atoms with Crippen molar-refractivity contribution in [1.82, 2.24) is 9.78 Å². The summed E-state index contributed by atoms with van der Waals surface area (Å²) in [6.45, 7) is 3.73. The zero-order valence-electron chi connectivity index (χ0n) is 17.4. The van der Waals surface area contributed by atoms with Crippen LogP contribution < -0.4 is 9.47 Å². The van der Waals surface area contributed by atoms with E-state index in [1.807, 2.05) is 6.07 Å². The van der Waals surface area contributed by atoms with E-state index in [1.54, 1.807) is 50.2 Å². The predicted molar refractivity (Wildman–Crippen MR) is 127 cm³/mol. The average molecular weight is 535 g/mol. The van der Waals surface area contributed by atoms with Crippen LogP contribution in [0.25, 0.3) is 6.08 Å². The molecule has 0 radical (unpaired) electrons. The highest BCUT2D eigenvalue weighted by Gasteiger charge is 2.17. The first kappa shape index (κ1) is 23.9. The van der Waals surface area contributed by atoms with Crippen molar-refractivity contribution in [2.45, 2.75) is 20.5 Å². The monoisotopic (exact) mass is 533 g/mol. The Balaban J connectivity index is 1.90. The Morgan fingerprint density at radius 2 is 2.00 bits per heavy atom. The molecular formula is C23H18BrCl2N3O3. The molecule has 0 spiro atoms. The summed E-state index contributed by atoms with van der Waals surface area (Å²) in [7, 11) is 1.50. The number of carbonyl (C=O) groups excluding carboxylic acids is 1. The van der Waals surface area contributed by atoms with Crippen molar-refractivity contribution in [1.29, 1.82) is 5.26 Å². The van der Waals surface area contributed by atoms with Crippen molar-refractivity contribution in [3.8, 4) is 17.6 Å². The maximum Gasteiger partial charge on any atom is 0.289 e. The van der Waals surface area contributed by atoms with Crippen LogP contribution in [0, 0.1) is 25.2 Å². The molecule has 3 aromatic rings. The highest BCUT2D eigenvalue weighted by Crippen LogP contribution is 2.38. The smallest absolute Gasteiger partial charge is 0.289 e. The summed E-state index contributed by atoms with van der Waals surface area (Å²) in [6.07, 6.45) is 1.48. The molecule has 32 heavy (non-hydrogen) atoms. The Morgan fingerprint density at radius 3 is 2.59 bits per heavy atom. The molecule has 0 atom stereocenters. The van der Waals surface area contributed by atoms with Crippen molar-refractivity contribution >= 4 is 51.1 Å². The second-order valence-corrected chi connectivity index (χ2v) is 8.57. The summed E-state index contributed by atoms with van der Waals surface area (Å²) >= 11 is 15.6. The lowest BCUT2D eigenvalue weighted by molar-refractivity contribution is 0.0943. The lowest BCUT2D eigenvalue weighted by Crippen LogP contribution is -2.15. The molecule has 0 N–H and O–H groups in total. The minimum absolute atomic E-state index is 0.0632. The number of aromatic nitrogens is 2. The highest BCUT2D eigenvalue weighted by atomic mass is 79.9. The molecule has 9 heteroatoms. The summed E-state index contributed by atoms with van der Waals surface area (Å²) < 4.78 is 13.2. The molecule has 1 aromatic heterocycles. The van der Waals surface area contributed by atoms with Gasteiger partial charge in [0.1, 0.15) is 18.2 Å². The zero-order chi connectivity index (χ0) is 23.4. The predicted octanol–water partition coefficient (Wildman–Crippen LogP) is 6.40. The third-order valence-corrected chi connectivity index (χ3v) is 5.68. The van der Waals surface area contributed by atoms with Gasteiger partial charge in [-0.25, -0.2) is 4.68 Å². The Morgan fingerprint density at radius 1 is 1.25 bits per heavy atom. The first-order chi connectivity index (χ1) is 15.2. The van der Waals surface area contributed by atoms with Crippen LogP contribution in [-0.4, -0.2) is 22.8 Å². The molecule has 0 aliphatic carbocycles. The normalized spacial score (nSPS) is 11.2. The second kappa shape index (κ2) is 10.2. The van der Waals surface area contributed by atoms with Crippen LogP contribution in [0.5, 0.6) is 11.5 Å². The molecule has 0 aliphatic rings. The topological polar surface area (TPSA) is 77.1 Å². The van der Waals surface area contributed by atoms with Crippen molar-refractivity contribution < 1.29 is 14.3 Å². The largest absolute Gasteiger partial charge is 0.493 e. The van der Waals surface area contributed by atoms with E-state index in [1.165, 1.54) is 17.9 Å². The summed E-state index contributed by atoms with van der Waals surface area (Å²) in [6, 6.07) is 12.3. The van der Waals surface area contributed by atoms with Gasteiger partial charge in [-0.15, -0.1) is 0 Å². The number of hydrogen-bond acceptors (Lipinski definition) is 5. The number of aryl methyl sites for hydroxylation is 2. The van der Waals surface area contributed by atoms with Crippen LogP contribution in [0.4, 0.5) is 0 Å². The van der Waals surface area contributed by atoms with E-state index in [4.69, 9.17) is 32.7 Å². The van der Waals surface area contributed by atoms with Gasteiger partial charge in [0.05, 0.1) is 17.3 Å². The maximum atomic E-state index is 12.8. The summed E-state index contributed by atoms with van der Waals surface area (Å²) in [4.78, 5) is 12.8. The van der Waals surface area contributed by atoms with Gasteiger partial charge in [0.25, 0.3) is 5.91 Å². The van der Waals surface area contributed by atoms with Gasteiger partial charge in [0.15, 0.2) is 11.5 Å². The molecule has 0 bridgehead atoms. The van der Waals surface area contributed by atoms with E-state index < -0.39 is 5.91 Å². The van der Waals surface area contributed by atoms with E-state index in [-0.39, 0.29) is 12.2 Å². The molecule has 3 rings (SSSR count). The number of hydrogen-bond donors (Lipinski definition) is 0. The quantitative estimate of drug-likeness (QED) is 0.270. The number of rotatable bonds is 6. The standard InChI is InChI=1S/C23H18BrCl2N3O3/c1-13-6-14(2)29(28-13)23(30)17(11-27)7-15-8-19(24)22(21(9-15)31-3)32-12-16-4-5-18(25)10-20(16)26/h4-10H,12H2,1-3H3/b17-7+. The molecule has 6 nitrogen and oxygen atoms in total. The fraction of sp³-hybridized carbons (Fsp3) is 0.174. The van der Waals surface area contributed by atoms with Crippen molar-refractivity contribution in [3.05, 3.63) is 79.0 Å². The van der Waals surface area contributed by atoms with Crippen LogP contribution in [0.1, 0.15) is 27.3 Å². The number of ether oxygens (including phenoxy) is 2. The summed E-state index contributed by atoms with van der Waals surface area (Å²) in [5, 5.41) is 14.7. The average Bonchev–Trinajstić information content (AvgIpc) is 3.09. The first-order valence-electron chi connectivity index (χ1n) is 9.37. The molecule has 0 saturated heterocycles. The van der Waals surface area contributed by atoms with Gasteiger partial charge in [-0.05, 0) is 71.7 Å². The highest BCUT2D eigenvalue weighted by molar-refractivity contribution is 9.10. The Hall–Kier alpha value is -2.79. The van der Waals surface area contributed by atoms with E-state index in [9.17, 15) is 10.1 Å². The lowest BCUT2D eigenvalue weighted by Gasteiger charge is -2.14. The number of nitriles is 1. The Bertz CT molecular complexity index is 1260. The Kier molecular flexibility index (Phi) is 7.62. The summed E-state index contributed by atoms with van der Waals surface area (Å²) in [5.74, 6) is 0.372. The van der Waals surface area contributed by atoms with Crippen molar-refractivity contribution in [3.63, 3.8) is 0 Å². The van der Waals surface area contributed by atoms with Gasteiger partial charge in [-0.1, -0.05) is 29.3 Å². The molecule has 2 aromatic carbocycles. The lowest BCUT2D eigenvalue weighted by atomic mass is 10.1. The molecule has 0 saturated carbocycles. The van der Waals surface area contributed by atoms with E-state index in [0.29, 0.717) is 43.0 Å². The number of benzene rings is 2. The fourth-order valence-corrected chi connectivity index (χ4v) is 4.05. The number of halogens is 3. The number of methoxy groups -OCH3 is 1. The summed E-state index contributed by atoms with van der Waals surface area (Å²) in [5.41, 5.74) is 2.62. The number of nitrogens with zero attached hydrogens (tertiary/aromatic N) is 3. The van der Waals surface area contributed by atoms with Gasteiger partial charge in [-0.3, -0.25) is 4.79 Å². The molecule has 0 fully saturated rings. The van der Waals surface area contributed by atoms with Gasteiger partial charge >= 0.3 is 0 Å². The third-order valence-electron chi connectivity index (χ3n) is 4.50. The van der Waals surface area contributed by atoms with Gasteiger partial charge < -0.3 is 9.47 Å². The van der Waals surface area contributed by atoms with Crippen LogP contribution in [0.2, 0.25) is 10.0 Å². The third kappa shape index (κ3) is 5.33. The molecule has 0 unspecified atom stereocenters. The zero-order valence-corrected chi connectivity index (χ0v) is 20.5. The molecular weight excluding hydrogens is 517 g/mol. The number of carbonyl (C=O) groups is 1. The van der Waals surface area contributed by atoms with Gasteiger partial charge in [0.2, 0.25) is 0 Å². The second-order valence-electron chi connectivity index (χ2n) is 6.87. The van der Waals surface area contributed by atoms with Crippen LogP contribution in [0.15, 0.2) is 46.4 Å². The minimum atomic E-state index is -0.508. The van der Waals surface area contributed by atoms with Crippen molar-refractivity contribution in [2.75, 3.05) is 7.11 Å². The minimum Gasteiger partial charge on any atom is -0.493 e.